The zero-order valence-corrected chi connectivity index (χ0v) is 34.2. The van der Waals surface area contributed by atoms with Gasteiger partial charge < -0.3 is 4.74 Å². The maximum atomic E-state index is 15.4. The van der Waals surface area contributed by atoms with Crippen molar-refractivity contribution < 1.29 is 102 Å². The molecule has 366 valence electrons. The number of aromatic nitrogens is 2. The lowest BCUT2D eigenvalue weighted by Gasteiger charge is -2.44. The van der Waals surface area contributed by atoms with Crippen molar-refractivity contribution in [1.29, 1.82) is 0 Å². The number of ether oxygens (including phenoxy) is 1. The fraction of sp³-hybridized carbons (Fsp3) is 0.0217. The minimum Gasteiger partial charge on any atom is -0.404 e. The second-order valence-corrected chi connectivity index (χ2v) is 14.7. The number of carbonyl (C=O) groups excluding carboxylic acids is 1. The number of benzene rings is 7. The molecule has 1 heterocycles. The second kappa shape index (κ2) is 19.4. The van der Waals surface area contributed by atoms with E-state index in [1.54, 1.807) is 23.2 Å². The Balaban J connectivity index is 0.000000240. The van der Waals surface area contributed by atoms with Crippen LogP contribution in [-0.4, -0.2) is 16.9 Å². The monoisotopic (exact) mass is 1020 g/mol. The molecule has 0 saturated carbocycles. The number of halogens is 20. The molecule has 0 amide bonds. The van der Waals surface area contributed by atoms with Crippen molar-refractivity contribution in [3.8, 4) is 11.6 Å². The molecule has 1 aromatic heterocycles. The van der Waals surface area contributed by atoms with Gasteiger partial charge in [0.2, 0.25) is 12.3 Å². The van der Waals surface area contributed by atoms with Crippen LogP contribution in [0.4, 0.5) is 87.8 Å². The Kier molecular flexibility index (Phi) is 13.9. The molecular formula is C46H17BF20N2O2. The van der Waals surface area contributed by atoms with Crippen molar-refractivity contribution in [2.75, 3.05) is 0 Å². The van der Waals surface area contributed by atoms with Gasteiger partial charge in [0, 0.05) is 5.56 Å². The number of hydrogen-bond acceptors (Lipinski definition) is 3. The van der Waals surface area contributed by atoms with Crippen LogP contribution in [-0.2, 0) is 6.54 Å². The SMILES string of the molecule is Fc1c(F)c(F)c([B-](c2c(F)c(F)c(F)c(F)c2F)(c2c(F)c(F)c(F)c(F)c2F)c2c(F)c(F)c(F)c(F)c2F)c(F)c1F.O=C(C[n+]1ccncc1Oc1ccc2ccccc2c1)c1ccccc1. The van der Waals surface area contributed by atoms with Gasteiger partial charge in [0.05, 0.1) is 6.20 Å². The van der Waals surface area contributed by atoms with Crippen molar-refractivity contribution in [2.45, 2.75) is 6.54 Å². The maximum absolute atomic E-state index is 15.4. The summed E-state index contributed by atoms with van der Waals surface area (Å²) < 4.78 is 302. The largest absolute Gasteiger partial charge is 0.404 e. The van der Waals surface area contributed by atoms with E-state index in [1.807, 2.05) is 66.7 Å². The van der Waals surface area contributed by atoms with E-state index in [0.717, 1.165) is 10.8 Å². The van der Waals surface area contributed by atoms with Crippen LogP contribution in [0.3, 0.4) is 0 Å². The molecule has 0 fully saturated rings. The molecule has 4 nitrogen and oxygen atoms in total. The molecular weight excluding hydrogens is 1000 g/mol. The van der Waals surface area contributed by atoms with Gasteiger partial charge in [0.25, 0.3) is 0 Å². The van der Waals surface area contributed by atoms with Crippen molar-refractivity contribution >= 4 is 44.6 Å². The van der Waals surface area contributed by atoms with E-state index in [0.29, 0.717) is 17.2 Å². The van der Waals surface area contributed by atoms with Gasteiger partial charge in [0.15, 0.2) is 76.0 Å². The molecule has 0 N–H and O–H groups in total. The molecule has 7 aromatic carbocycles. The van der Waals surface area contributed by atoms with E-state index < -0.39 is 144 Å². The first kappa shape index (κ1) is 50.9. The first-order chi connectivity index (χ1) is 33.5. The summed E-state index contributed by atoms with van der Waals surface area (Å²) in [5, 5.41) is 2.25. The lowest BCUT2D eigenvalue weighted by Crippen LogP contribution is -2.81. The number of hydrogen-bond donors (Lipinski definition) is 0. The van der Waals surface area contributed by atoms with E-state index in [4.69, 9.17) is 4.74 Å². The van der Waals surface area contributed by atoms with Gasteiger partial charge in [-0.15, -0.1) is 21.9 Å². The summed E-state index contributed by atoms with van der Waals surface area (Å²) in [5.41, 5.74) is -13.7. The summed E-state index contributed by atoms with van der Waals surface area (Å²) in [7, 11) is 0. The number of nitrogens with zero attached hydrogens (tertiary/aromatic N) is 2. The molecule has 0 spiro atoms. The average molecular weight is 1020 g/mol. The standard InChI is InChI=1S/C24BF20.C22H17N2O2/c26-5-1(6(27)14(35)21(42)13(5)34)25(2-7(28)15(36)22(43)16(37)8(2)29,3-9(30)17(38)23(44)18(39)10(3)31)4-11(32)19(40)24(45)20(41)12(4)33;25-21(18-7-2-1-3-8-18)16-24-13-12-23-15-22(24)26-20-11-10-17-6-4-5-9-19(17)14-20/h;1-15H,16H2/q-1;+1. The summed E-state index contributed by atoms with van der Waals surface area (Å²) in [4.78, 5) is 16.6. The third kappa shape index (κ3) is 8.41. The summed E-state index contributed by atoms with van der Waals surface area (Å²) in [6, 6.07) is 23.2. The van der Waals surface area contributed by atoms with E-state index in [-0.39, 0.29) is 12.3 Å². The molecule has 0 bridgehead atoms. The fourth-order valence-corrected chi connectivity index (χ4v) is 7.68. The minimum absolute atomic E-state index is 0.0187. The molecule has 0 aliphatic carbocycles. The highest BCUT2D eigenvalue weighted by Crippen LogP contribution is 2.31. The Morgan fingerprint density at radius 3 is 1.14 bits per heavy atom. The quantitative estimate of drug-likeness (QED) is 0.0362. The van der Waals surface area contributed by atoms with Gasteiger partial charge >= 0.3 is 5.88 Å². The second-order valence-electron chi connectivity index (χ2n) is 14.7. The third-order valence-corrected chi connectivity index (χ3v) is 10.9. The number of rotatable bonds is 9. The van der Waals surface area contributed by atoms with Crippen LogP contribution < -0.4 is 31.2 Å². The van der Waals surface area contributed by atoms with Gasteiger partial charge in [-0.3, -0.25) is 4.79 Å². The Morgan fingerprint density at radius 2 is 0.761 bits per heavy atom. The van der Waals surface area contributed by atoms with Crippen LogP contribution >= 0.6 is 0 Å². The van der Waals surface area contributed by atoms with Crippen LogP contribution in [0.1, 0.15) is 10.4 Å². The molecule has 25 heteroatoms. The molecule has 71 heavy (non-hydrogen) atoms. The lowest BCUT2D eigenvalue weighted by atomic mass is 9.12. The smallest absolute Gasteiger partial charge is 0.392 e. The predicted octanol–water partition coefficient (Wildman–Crippen LogP) is 10.0. The summed E-state index contributed by atoms with van der Waals surface area (Å²) in [6.07, 6.45) is -2.21. The molecule has 8 aromatic rings. The molecule has 0 aliphatic heterocycles. The summed E-state index contributed by atoms with van der Waals surface area (Å²) >= 11 is 0. The van der Waals surface area contributed by atoms with Crippen molar-refractivity contribution in [3.05, 3.63) is 213 Å². The third-order valence-electron chi connectivity index (χ3n) is 10.9. The average Bonchev–Trinajstić information content (AvgIpc) is 3.37. The highest BCUT2D eigenvalue weighted by Gasteiger charge is 2.52. The van der Waals surface area contributed by atoms with Crippen LogP contribution in [0.2, 0.25) is 0 Å². The first-order valence-corrected chi connectivity index (χ1v) is 19.3. The molecule has 0 aliphatic rings. The predicted molar refractivity (Wildman–Crippen MR) is 208 cm³/mol. The first-order valence-electron chi connectivity index (χ1n) is 19.3. The number of ketones is 1. The normalized spacial score (nSPS) is 11.5. The van der Waals surface area contributed by atoms with Gasteiger partial charge in [0.1, 0.15) is 64.6 Å². The molecule has 0 radical (unpaired) electrons. The van der Waals surface area contributed by atoms with Gasteiger partial charge in [-0.1, -0.05) is 60.7 Å². The van der Waals surface area contributed by atoms with Crippen molar-refractivity contribution in [3.63, 3.8) is 0 Å². The molecule has 8 rings (SSSR count). The number of carbonyl (C=O) groups is 1. The Labute approximate surface area is 382 Å². The van der Waals surface area contributed by atoms with Gasteiger partial charge in [-0.2, -0.15) is 4.57 Å². The van der Waals surface area contributed by atoms with E-state index in [1.165, 1.54) is 0 Å². The Morgan fingerprint density at radius 1 is 0.423 bits per heavy atom. The van der Waals surface area contributed by atoms with Crippen LogP contribution in [0.5, 0.6) is 11.6 Å². The lowest BCUT2D eigenvalue weighted by molar-refractivity contribution is -0.687. The number of Topliss-reactive ketones (excluding diaryl/α,β-unsaturated/α-hetero) is 1. The fourth-order valence-electron chi connectivity index (χ4n) is 7.68. The van der Waals surface area contributed by atoms with Crippen LogP contribution in [0, 0.1) is 116 Å². The van der Waals surface area contributed by atoms with Crippen LogP contribution in [0.15, 0.2) is 91.4 Å². The zero-order valence-electron chi connectivity index (χ0n) is 34.2. The zero-order chi connectivity index (χ0) is 52.1. The van der Waals surface area contributed by atoms with Gasteiger partial charge in [-0.25, -0.2) is 92.8 Å². The highest BCUT2D eigenvalue weighted by molar-refractivity contribution is 7.20. The molecule has 0 saturated heterocycles. The van der Waals surface area contributed by atoms with E-state index in [2.05, 4.69) is 11.1 Å². The summed E-state index contributed by atoms with van der Waals surface area (Å²) in [6.45, 7) is 0.190. The maximum Gasteiger partial charge on any atom is 0.392 e. The van der Waals surface area contributed by atoms with E-state index in [9.17, 15) is 57.5 Å². The van der Waals surface area contributed by atoms with Crippen LogP contribution in [0.25, 0.3) is 10.8 Å². The minimum atomic E-state index is -7.22. The molecule has 0 atom stereocenters. The van der Waals surface area contributed by atoms with Crippen molar-refractivity contribution in [1.82, 2.24) is 4.98 Å². The van der Waals surface area contributed by atoms with Crippen molar-refractivity contribution in [2.24, 2.45) is 0 Å². The number of fused-ring (bicyclic) bond motifs is 1. The Bertz CT molecular complexity index is 3090. The Hall–Kier alpha value is -7.99. The van der Waals surface area contributed by atoms with E-state index >= 15 is 35.1 Å². The highest BCUT2D eigenvalue weighted by atomic mass is 19.2. The van der Waals surface area contributed by atoms with Gasteiger partial charge in [-0.05, 0) is 22.9 Å². The topological polar surface area (TPSA) is 43.1 Å². The molecule has 0 unspecified atom stereocenters. The summed E-state index contributed by atoms with van der Waals surface area (Å²) in [5.74, 6) is -70.2.